The molecule has 0 aromatic carbocycles. The molecule has 1 unspecified atom stereocenters. The lowest BCUT2D eigenvalue weighted by Gasteiger charge is -2.41. The second-order valence-electron chi connectivity index (χ2n) is 6.02. The van der Waals surface area contributed by atoms with Crippen LogP contribution in [0.25, 0.3) is 0 Å². The van der Waals surface area contributed by atoms with E-state index in [0.29, 0.717) is 5.76 Å². The smallest absolute Gasteiger partial charge is 0.104 e. The standard InChI is InChI=1S/C14H18O/c1-13(2,3)14-8-9(7-12(14)15)10-5-4-6-11(10)14/h6-7,15H,4-5,8H2,1-3H3. The van der Waals surface area contributed by atoms with Crippen LogP contribution in [-0.2, 0) is 0 Å². The first-order chi connectivity index (χ1) is 6.97. The van der Waals surface area contributed by atoms with Crippen LogP contribution in [0, 0.1) is 10.8 Å². The third kappa shape index (κ3) is 0.854. The van der Waals surface area contributed by atoms with Crippen LogP contribution in [0.1, 0.15) is 40.0 Å². The second kappa shape index (κ2) is 2.40. The molecule has 3 rings (SSSR count). The fraction of sp³-hybridized carbons (Fsp3) is 0.571. The molecule has 0 radical (unpaired) electrons. The summed E-state index contributed by atoms with van der Waals surface area (Å²) in [5.74, 6) is 0.599. The van der Waals surface area contributed by atoms with Crippen LogP contribution in [0.3, 0.4) is 0 Å². The lowest BCUT2D eigenvalue weighted by molar-refractivity contribution is 0.130. The van der Waals surface area contributed by atoms with E-state index < -0.39 is 0 Å². The van der Waals surface area contributed by atoms with E-state index in [1.807, 2.05) is 6.08 Å². The predicted molar refractivity (Wildman–Crippen MR) is 61.6 cm³/mol. The Morgan fingerprint density at radius 3 is 2.73 bits per heavy atom. The lowest BCUT2D eigenvalue weighted by Crippen LogP contribution is -2.36. The summed E-state index contributed by atoms with van der Waals surface area (Å²) in [6, 6.07) is 0. The van der Waals surface area contributed by atoms with Gasteiger partial charge in [-0.3, -0.25) is 0 Å². The molecule has 2 bridgehead atoms. The van der Waals surface area contributed by atoms with Gasteiger partial charge < -0.3 is 5.11 Å². The minimum absolute atomic E-state index is 0.0891. The normalized spacial score (nSPS) is 33.3. The molecule has 0 aliphatic heterocycles. The lowest BCUT2D eigenvalue weighted by atomic mass is 9.62. The van der Waals surface area contributed by atoms with Gasteiger partial charge in [0.15, 0.2) is 0 Å². The highest BCUT2D eigenvalue weighted by Crippen LogP contribution is 2.66. The molecule has 0 fully saturated rings. The van der Waals surface area contributed by atoms with Crippen LogP contribution >= 0.6 is 0 Å². The van der Waals surface area contributed by atoms with E-state index in [2.05, 4.69) is 26.8 Å². The van der Waals surface area contributed by atoms with Crippen molar-refractivity contribution in [3.05, 3.63) is 34.6 Å². The SMILES string of the molecule is CC(C)(C)C12CC(=C3CCC=C31)C=C2O. The summed E-state index contributed by atoms with van der Waals surface area (Å²) >= 11 is 0. The quantitative estimate of drug-likeness (QED) is 0.631. The molecule has 0 aromatic heterocycles. The highest BCUT2D eigenvalue weighted by molar-refractivity contribution is 5.63. The summed E-state index contributed by atoms with van der Waals surface area (Å²) in [5, 5.41) is 10.2. The second-order valence-corrected chi connectivity index (χ2v) is 6.02. The number of aliphatic hydroxyl groups excluding tert-OH is 1. The number of allylic oxidation sites excluding steroid dienone is 5. The zero-order valence-corrected chi connectivity index (χ0v) is 9.72. The van der Waals surface area contributed by atoms with E-state index in [9.17, 15) is 5.11 Å². The fourth-order valence-corrected chi connectivity index (χ4v) is 3.58. The van der Waals surface area contributed by atoms with Gasteiger partial charge in [-0.2, -0.15) is 0 Å². The highest BCUT2D eigenvalue weighted by Gasteiger charge is 2.57. The average molecular weight is 202 g/mol. The van der Waals surface area contributed by atoms with E-state index in [4.69, 9.17) is 0 Å². The van der Waals surface area contributed by atoms with E-state index in [0.717, 1.165) is 12.8 Å². The number of aliphatic hydroxyl groups is 1. The third-order valence-corrected chi connectivity index (χ3v) is 4.40. The van der Waals surface area contributed by atoms with Crippen molar-refractivity contribution < 1.29 is 5.11 Å². The summed E-state index contributed by atoms with van der Waals surface area (Å²) in [4.78, 5) is 0. The maximum absolute atomic E-state index is 10.2. The minimum Gasteiger partial charge on any atom is -0.511 e. The molecule has 0 spiro atoms. The van der Waals surface area contributed by atoms with Gasteiger partial charge in [-0.05, 0) is 47.5 Å². The zero-order chi connectivity index (χ0) is 10.8. The third-order valence-electron chi connectivity index (χ3n) is 4.40. The van der Waals surface area contributed by atoms with Crippen molar-refractivity contribution in [2.75, 3.05) is 0 Å². The average Bonchev–Trinajstić information content (AvgIpc) is 2.68. The maximum Gasteiger partial charge on any atom is 0.104 e. The fourth-order valence-electron chi connectivity index (χ4n) is 3.58. The molecular formula is C14H18O. The van der Waals surface area contributed by atoms with Crippen molar-refractivity contribution in [2.45, 2.75) is 40.0 Å². The maximum atomic E-state index is 10.2. The van der Waals surface area contributed by atoms with Crippen molar-refractivity contribution in [3.8, 4) is 0 Å². The molecule has 0 saturated carbocycles. The number of rotatable bonds is 0. The van der Waals surface area contributed by atoms with Gasteiger partial charge in [0.1, 0.15) is 5.76 Å². The van der Waals surface area contributed by atoms with Crippen LogP contribution in [0.2, 0.25) is 0 Å². The molecule has 0 heterocycles. The Bertz CT molecular complexity index is 429. The zero-order valence-electron chi connectivity index (χ0n) is 9.72. The largest absolute Gasteiger partial charge is 0.511 e. The summed E-state index contributed by atoms with van der Waals surface area (Å²) in [7, 11) is 0. The van der Waals surface area contributed by atoms with Crippen molar-refractivity contribution in [1.82, 2.24) is 0 Å². The Labute approximate surface area is 91.2 Å². The van der Waals surface area contributed by atoms with Crippen molar-refractivity contribution in [3.63, 3.8) is 0 Å². The van der Waals surface area contributed by atoms with Crippen LogP contribution in [0.5, 0.6) is 0 Å². The van der Waals surface area contributed by atoms with Crippen molar-refractivity contribution in [1.29, 1.82) is 0 Å². The molecule has 15 heavy (non-hydrogen) atoms. The monoisotopic (exact) mass is 202 g/mol. The predicted octanol–water partition coefficient (Wildman–Crippen LogP) is 3.89. The first-order valence-corrected chi connectivity index (χ1v) is 5.81. The van der Waals surface area contributed by atoms with E-state index in [1.165, 1.54) is 23.1 Å². The first kappa shape index (κ1) is 9.26. The Hall–Kier alpha value is -0.980. The number of fused-ring (bicyclic) bond motifs is 4. The number of hydrogen-bond acceptors (Lipinski definition) is 1. The Kier molecular flexibility index (Phi) is 1.48. The molecule has 1 N–H and O–H groups in total. The summed E-state index contributed by atoms with van der Waals surface area (Å²) in [6.07, 6.45) is 7.74. The molecular weight excluding hydrogens is 184 g/mol. The molecule has 0 saturated heterocycles. The van der Waals surface area contributed by atoms with Crippen molar-refractivity contribution in [2.24, 2.45) is 10.8 Å². The van der Waals surface area contributed by atoms with Gasteiger partial charge in [0.2, 0.25) is 0 Å². The Morgan fingerprint density at radius 2 is 2.07 bits per heavy atom. The van der Waals surface area contributed by atoms with E-state index in [-0.39, 0.29) is 10.8 Å². The first-order valence-electron chi connectivity index (χ1n) is 5.81. The van der Waals surface area contributed by atoms with Crippen LogP contribution in [-0.4, -0.2) is 5.11 Å². The Balaban J connectivity index is 2.24. The summed E-state index contributed by atoms with van der Waals surface area (Å²) in [5.41, 5.74) is 4.38. The van der Waals surface area contributed by atoms with Gasteiger partial charge in [0.05, 0.1) is 5.41 Å². The molecule has 1 atom stereocenters. The molecule has 0 amide bonds. The van der Waals surface area contributed by atoms with Gasteiger partial charge in [-0.15, -0.1) is 0 Å². The van der Waals surface area contributed by atoms with Gasteiger partial charge in [-0.25, -0.2) is 0 Å². The van der Waals surface area contributed by atoms with Gasteiger partial charge in [0, 0.05) is 0 Å². The van der Waals surface area contributed by atoms with Gasteiger partial charge >= 0.3 is 0 Å². The van der Waals surface area contributed by atoms with Gasteiger partial charge in [0.25, 0.3) is 0 Å². The molecule has 3 aliphatic carbocycles. The molecule has 0 aromatic rings. The van der Waals surface area contributed by atoms with Crippen LogP contribution in [0.4, 0.5) is 0 Å². The summed E-state index contributed by atoms with van der Waals surface area (Å²) < 4.78 is 0. The topological polar surface area (TPSA) is 20.2 Å². The van der Waals surface area contributed by atoms with Crippen LogP contribution < -0.4 is 0 Å². The van der Waals surface area contributed by atoms with Gasteiger partial charge in [-0.1, -0.05) is 26.8 Å². The van der Waals surface area contributed by atoms with Crippen LogP contribution in [0.15, 0.2) is 34.6 Å². The molecule has 3 aliphatic rings. The molecule has 1 heteroatoms. The Morgan fingerprint density at radius 1 is 1.33 bits per heavy atom. The molecule has 1 nitrogen and oxygen atoms in total. The number of hydrogen-bond donors (Lipinski definition) is 1. The highest BCUT2D eigenvalue weighted by atomic mass is 16.3. The minimum atomic E-state index is -0.0891. The van der Waals surface area contributed by atoms with Crippen molar-refractivity contribution >= 4 is 0 Å². The molecule has 80 valence electrons. The van der Waals surface area contributed by atoms with E-state index in [1.54, 1.807) is 0 Å². The van der Waals surface area contributed by atoms with E-state index >= 15 is 0 Å². The summed E-state index contributed by atoms with van der Waals surface area (Å²) in [6.45, 7) is 6.71.